The summed E-state index contributed by atoms with van der Waals surface area (Å²) in [4.78, 5) is 28.6. The van der Waals surface area contributed by atoms with Crippen molar-refractivity contribution in [2.45, 2.75) is 13.0 Å². The van der Waals surface area contributed by atoms with Gasteiger partial charge in [-0.25, -0.2) is 4.79 Å². The number of fused-ring (bicyclic) bond motifs is 1. The van der Waals surface area contributed by atoms with Crippen molar-refractivity contribution < 1.29 is 13.7 Å². The number of nitrogens with zero attached hydrogens (tertiary/aromatic N) is 2. The van der Waals surface area contributed by atoms with Crippen LogP contribution in [0, 0.1) is 0 Å². The van der Waals surface area contributed by atoms with Gasteiger partial charge in [0.2, 0.25) is 5.89 Å². The predicted molar refractivity (Wildman–Crippen MR) is 97.2 cm³/mol. The number of benzene rings is 2. The number of hydrogen-bond donors (Lipinski definition) is 1. The highest BCUT2D eigenvalue weighted by atomic mass is 16.5. The van der Waals surface area contributed by atoms with Crippen molar-refractivity contribution >= 4 is 16.9 Å². The molecule has 0 aliphatic rings. The van der Waals surface area contributed by atoms with Crippen LogP contribution < -0.4 is 10.9 Å². The molecule has 0 aliphatic carbocycles. The average molecular weight is 361 g/mol. The minimum Gasteiger partial charge on any atom is -0.422 e. The Kier molecular flexibility index (Phi) is 4.49. The third kappa shape index (κ3) is 3.77. The molecule has 0 radical (unpaired) electrons. The number of hydrogen-bond acceptors (Lipinski definition) is 6. The Bertz CT molecular complexity index is 1150. The average Bonchev–Trinajstić information content (AvgIpc) is 3.13. The Morgan fingerprint density at radius 1 is 1.04 bits per heavy atom. The van der Waals surface area contributed by atoms with E-state index < -0.39 is 11.5 Å². The zero-order valence-electron chi connectivity index (χ0n) is 14.2. The van der Waals surface area contributed by atoms with E-state index in [1.807, 2.05) is 30.3 Å². The molecule has 134 valence electrons. The van der Waals surface area contributed by atoms with E-state index in [1.54, 1.807) is 24.3 Å². The van der Waals surface area contributed by atoms with Gasteiger partial charge in [-0.15, -0.1) is 0 Å². The fourth-order valence-corrected chi connectivity index (χ4v) is 2.68. The second kappa shape index (κ2) is 7.25. The van der Waals surface area contributed by atoms with Crippen molar-refractivity contribution in [1.82, 2.24) is 15.5 Å². The first-order valence-corrected chi connectivity index (χ1v) is 8.35. The Morgan fingerprint density at radius 2 is 1.81 bits per heavy atom. The summed E-state index contributed by atoms with van der Waals surface area (Å²) in [6.07, 6.45) is 0.534. The molecule has 0 unspecified atom stereocenters. The fourth-order valence-electron chi connectivity index (χ4n) is 2.68. The van der Waals surface area contributed by atoms with Gasteiger partial charge in [0.05, 0.1) is 6.54 Å². The van der Waals surface area contributed by atoms with E-state index in [9.17, 15) is 9.59 Å². The summed E-state index contributed by atoms with van der Waals surface area (Å²) < 4.78 is 10.3. The maximum atomic E-state index is 12.3. The van der Waals surface area contributed by atoms with E-state index in [0.717, 1.165) is 5.56 Å². The van der Waals surface area contributed by atoms with Gasteiger partial charge in [-0.3, -0.25) is 4.79 Å². The van der Waals surface area contributed by atoms with E-state index in [1.165, 1.54) is 6.07 Å². The van der Waals surface area contributed by atoms with E-state index in [0.29, 0.717) is 23.2 Å². The Labute approximate surface area is 153 Å². The molecule has 0 saturated heterocycles. The van der Waals surface area contributed by atoms with Gasteiger partial charge < -0.3 is 14.3 Å². The quantitative estimate of drug-likeness (QED) is 0.549. The van der Waals surface area contributed by atoms with Crippen LogP contribution in [0.1, 0.15) is 27.6 Å². The highest BCUT2D eigenvalue weighted by molar-refractivity contribution is 5.96. The van der Waals surface area contributed by atoms with E-state index in [4.69, 9.17) is 8.94 Å². The molecule has 4 aromatic rings. The highest BCUT2D eigenvalue weighted by Crippen LogP contribution is 2.12. The van der Waals surface area contributed by atoms with Gasteiger partial charge in [-0.2, -0.15) is 4.98 Å². The van der Waals surface area contributed by atoms with Crippen LogP contribution in [0.2, 0.25) is 0 Å². The summed E-state index contributed by atoms with van der Waals surface area (Å²) >= 11 is 0. The first-order chi connectivity index (χ1) is 13.2. The second-order valence-electron chi connectivity index (χ2n) is 5.93. The lowest BCUT2D eigenvalue weighted by molar-refractivity contribution is 0.0942. The molecule has 1 N–H and O–H groups in total. The Morgan fingerprint density at radius 3 is 2.67 bits per heavy atom. The third-order valence-corrected chi connectivity index (χ3v) is 4.00. The van der Waals surface area contributed by atoms with Crippen LogP contribution in [-0.2, 0) is 13.0 Å². The van der Waals surface area contributed by atoms with Gasteiger partial charge in [0.25, 0.3) is 5.91 Å². The number of nitrogens with one attached hydrogen (secondary N) is 1. The first kappa shape index (κ1) is 16.7. The molecule has 2 aromatic heterocycles. The number of para-hydroxylation sites is 1. The molecule has 7 heteroatoms. The minimum atomic E-state index is -0.693. The van der Waals surface area contributed by atoms with Crippen LogP contribution in [-0.4, -0.2) is 16.0 Å². The molecule has 4 rings (SSSR count). The second-order valence-corrected chi connectivity index (χ2v) is 5.93. The number of amides is 1. The van der Waals surface area contributed by atoms with Crippen molar-refractivity contribution in [3.63, 3.8) is 0 Å². The Hall–Kier alpha value is -3.74. The first-order valence-electron chi connectivity index (χ1n) is 8.35. The lowest BCUT2D eigenvalue weighted by atomic mass is 10.1. The van der Waals surface area contributed by atoms with E-state index in [2.05, 4.69) is 15.5 Å². The summed E-state index contributed by atoms with van der Waals surface area (Å²) in [6, 6.07) is 18.2. The fraction of sp³-hybridized carbons (Fsp3) is 0.100. The standard InChI is InChI=1S/C20H15N3O4/c24-19(15-11-14-8-4-5-9-16(14)26-20(15)25)21-12-18-22-17(23-27-18)10-13-6-2-1-3-7-13/h1-9,11H,10,12H2,(H,21,24). The topological polar surface area (TPSA) is 98.2 Å². The van der Waals surface area contributed by atoms with Gasteiger partial charge in [0.1, 0.15) is 11.1 Å². The molecule has 2 aromatic carbocycles. The molecule has 0 aliphatic heterocycles. The van der Waals surface area contributed by atoms with E-state index in [-0.39, 0.29) is 18.0 Å². The van der Waals surface area contributed by atoms with Crippen LogP contribution in [0.15, 0.2) is 74.4 Å². The number of rotatable bonds is 5. The molecular formula is C20H15N3O4. The summed E-state index contributed by atoms with van der Waals surface area (Å²) in [6.45, 7) is 0.0207. The van der Waals surface area contributed by atoms with Crippen LogP contribution in [0.3, 0.4) is 0 Å². The largest absolute Gasteiger partial charge is 0.422 e. The summed E-state index contributed by atoms with van der Waals surface area (Å²) in [5.41, 5.74) is 0.725. The lowest BCUT2D eigenvalue weighted by Crippen LogP contribution is -2.28. The van der Waals surface area contributed by atoms with Crippen LogP contribution in [0.5, 0.6) is 0 Å². The summed E-state index contributed by atoms with van der Waals surface area (Å²) in [7, 11) is 0. The van der Waals surface area contributed by atoms with Crippen molar-refractivity contribution in [3.05, 3.63) is 93.9 Å². The summed E-state index contributed by atoms with van der Waals surface area (Å²) in [5.74, 6) is 0.229. The molecule has 7 nitrogen and oxygen atoms in total. The normalized spacial score (nSPS) is 10.8. The zero-order valence-corrected chi connectivity index (χ0v) is 14.2. The van der Waals surface area contributed by atoms with Crippen molar-refractivity contribution in [1.29, 1.82) is 0 Å². The number of aromatic nitrogens is 2. The number of carbonyl (C=O) groups excluding carboxylic acids is 1. The summed E-state index contributed by atoms with van der Waals surface area (Å²) in [5, 5.41) is 7.18. The smallest absolute Gasteiger partial charge is 0.349 e. The molecule has 27 heavy (non-hydrogen) atoms. The number of carbonyl (C=O) groups is 1. The van der Waals surface area contributed by atoms with Gasteiger partial charge >= 0.3 is 5.63 Å². The molecule has 1 amide bonds. The third-order valence-electron chi connectivity index (χ3n) is 4.00. The Balaban J connectivity index is 1.44. The van der Waals surface area contributed by atoms with Crippen LogP contribution >= 0.6 is 0 Å². The van der Waals surface area contributed by atoms with E-state index >= 15 is 0 Å². The maximum Gasteiger partial charge on any atom is 0.349 e. The lowest BCUT2D eigenvalue weighted by Gasteiger charge is -2.02. The molecule has 0 atom stereocenters. The molecule has 0 fully saturated rings. The molecule has 0 spiro atoms. The molecule has 2 heterocycles. The van der Waals surface area contributed by atoms with Crippen LogP contribution in [0.25, 0.3) is 11.0 Å². The van der Waals surface area contributed by atoms with Gasteiger partial charge in [-0.1, -0.05) is 53.7 Å². The zero-order chi connectivity index (χ0) is 18.6. The maximum absolute atomic E-state index is 12.3. The van der Waals surface area contributed by atoms with Gasteiger partial charge in [0, 0.05) is 11.8 Å². The minimum absolute atomic E-state index is 0.0207. The van der Waals surface area contributed by atoms with Crippen molar-refractivity contribution in [3.8, 4) is 0 Å². The van der Waals surface area contributed by atoms with Gasteiger partial charge in [-0.05, 0) is 17.7 Å². The molecular weight excluding hydrogens is 346 g/mol. The SMILES string of the molecule is O=C(NCc1nc(Cc2ccccc2)no1)c1cc2ccccc2oc1=O. The van der Waals surface area contributed by atoms with Crippen molar-refractivity contribution in [2.75, 3.05) is 0 Å². The molecule has 0 saturated carbocycles. The van der Waals surface area contributed by atoms with Crippen LogP contribution in [0.4, 0.5) is 0 Å². The monoisotopic (exact) mass is 361 g/mol. The highest BCUT2D eigenvalue weighted by Gasteiger charge is 2.15. The predicted octanol–water partition coefficient (Wildman–Crippen LogP) is 2.70. The molecule has 0 bridgehead atoms. The van der Waals surface area contributed by atoms with Crippen molar-refractivity contribution in [2.24, 2.45) is 0 Å². The van der Waals surface area contributed by atoms with Gasteiger partial charge in [0.15, 0.2) is 5.82 Å².